The fourth-order valence-electron chi connectivity index (χ4n) is 1.92. The Hall–Kier alpha value is -3.02. The molecule has 0 aliphatic carbocycles. The van der Waals surface area contributed by atoms with Crippen LogP contribution >= 0.6 is 0 Å². The normalized spacial score (nSPS) is 10.4. The molecule has 1 heterocycles. The van der Waals surface area contributed by atoms with E-state index in [2.05, 4.69) is 10.1 Å². The Labute approximate surface area is 127 Å². The number of rotatable bonds is 5. The minimum Gasteiger partial charge on any atom is -0.497 e. The van der Waals surface area contributed by atoms with Crippen LogP contribution in [0.1, 0.15) is 5.89 Å². The summed E-state index contributed by atoms with van der Waals surface area (Å²) in [7, 11) is 1.62. The second kappa shape index (κ2) is 6.17. The molecule has 112 valence electrons. The fourth-order valence-corrected chi connectivity index (χ4v) is 1.92. The zero-order valence-electron chi connectivity index (χ0n) is 12.0. The lowest BCUT2D eigenvalue weighted by Crippen LogP contribution is -1.96. The highest BCUT2D eigenvalue weighted by Crippen LogP contribution is 2.20. The average molecular weight is 297 g/mol. The van der Waals surface area contributed by atoms with Gasteiger partial charge in [0.1, 0.15) is 11.5 Å². The first kappa shape index (κ1) is 13.9. The van der Waals surface area contributed by atoms with Gasteiger partial charge in [0.05, 0.1) is 7.11 Å². The molecule has 3 rings (SSSR count). The van der Waals surface area contributed by atoms with E-state index in [0.717, 1.165) is 11.3 Å². The Kier molecular flexibility index (Phi) is 3.91. The lowest BCUT2D eigenvalue weighted by atomic mass is 10.2. The Morgan fingerprint density at radius 1 is 1.09 bits per heavy atom. The van der Waals surface area contributed by atoms with Gasteiger partial charge in [-0.3, -0.25) is 0 Å². The molecule has 3 aromatic rings. The zero-order chi connectivity index (χ0) is 15.4. The molecule has 0 fully saturated rings. The van der Waals surface area contributed by atoms with Gasteiger partial charge in [-0.05, 0) is 36.4 Å². The molecule has 0 aliphatic heterocycles. The molecule has 22 heavy (non-hydrogen) atoms. The Morgan fingerprint density at radius 2 is 1.91 bits per heavy atom. The van der Waals surface area contributed by atoms with Gasteiger partial charge >= 0.3 is 0 Å². The average Bonchev–Trinajstić information content (AvgIpc) is 3.02. The second-order valence-electron chi connectivity index (χ2n) is 4.60. The SMILES string of the molecule is COc1ccc(-c2noc(COc3cccc(N)c3)n2)cc1. The number of aromatic nitrogens is 2. The van der Waals surface area contributed by atoms with Crippen LogP contribution in [0.5, 0.6) is 11.5 Å². The second-order valence-corrected chi connectivity index (χ2v) is 4.60. The third kappa shape index (κ3) is 3.17. The molecule has 2 aromatic carbocycles. The highest BCUT2D eigenvalue weighted by molar-refractivity contribution is 5.55. The molecule has 0 radical (unpaired) electrons. The van der Waals surface area contributed by atoms with Crippen LogP contribution < -0.4 is 15.2 Å². The van der Waals surface area contributed by atoms with Gasteiger partial charge in [-0.2, -0.15) is 4.98 Å². The maximum absolute atomic E-state index is 5.69. The summed E-state index contributed by atoms with van der Waals surface area (Å²) in [6.45, 7) is 0.187. The van der Waals surface area contributed by atoms with E-state index in [1.807, 2.05) is 36.4 Å². The number of hydrogen-bond donors (Lipinski definition) is 1. The smallest absolute Gasteiger partial charge is 0.264 e. The van der Waals surface area contributed by atoms with Crippen LogP contribution in [0.4, 0.5) is 5.69 Å². The highest BCUT2D eigenvalue weighted by Gasteiger charge is 2.09. The summed E-state index contributed by atoms with van der Waals surface area (Å²) in [5, 5.41) is 3.94. The summed E-state index contributed by atoms with van der Waals surface area (Å²) in [4.78, 5) is 4.30. The molecule has 0 unspecified atom stereocenters. The number of nitrogens with zero attached hydrogens (tertiary/aromatic N) is 2. The largest absolute Gasteiger partial charge is 0.497 e. The lowest BCUT2D eigenvalue weighted by molar-refractivity contribution is 0.243. The van der Waals surface area contributed by atoms with Gasteiger partial charge < -0.3 is 19.7 Å². The first-order valence-electron chi connectivity index (χ1n) is 6.70. The van der Waals surface area contributed by atoms with Crippen molar-refractivity contribution in [1.82, 2.24) is 10.1 Å². The number of nitrogens with two attached hydrogens (primary N) is 1. The van der Waals surface area contributed by atoms with Crippen LogP contribution in [-0.4, -0.2) is 17.3 Å². The molecule has 0 amide bonds. The van der Waals surface area contributed by atoms with Crippen molar-refractivity contribution in [1.29, 1.82) is 0 Å². The van der Waals surface area contributed by atoms with Crippen LogP contribution in [-0.2, 0) is 6.61 Å². The van der Waals surface area contributed by atoms with Crippen molar-refractivity contribution in [2.75, 3.05) is 12.8 Å². The van der Waals surface area contributed by atoms with Gasteiger partial charge in [-0.25, -0.2) is 0 Å². The molecule has 2 N–H and O–H groups in total. The van der Waals surface area contributed by atoms with Crippen LogP contribution in [0.25, 0.3) is 11.4 Å². The van der Waals surface area contributed by atoms with Gasteiger partial charge in [0, 0.05) is 17.3 Å². The van der Waals surface area contributed by atoms with E-state index in [-0.39, 0.29) is 6.61 Å². The summed E-state index contributed by atoms with van der Waals surface area (Å²) in [6, 6.07) is 14.6. The highest BCUT2D eigenvalue weighted by atomic mass is 16.5. The van der Waals surface area contributed by atoms with Crippen molar-refractivity contribution in [2.45, 2.75) is 6.61 Å². The number of ether oxygens (including phenoxy) is 2. The predicted molar refractivity (Wildman–Crippen MR) is 81.5 cm³/mol. The number of benzene rings is 2. The summed E-state index contributed by atoms with van der Waals surface area (Å²) in [5.74, 6) is 2.34. The predicted octanol–water partition coefficient (Wildman–Crippen LogP) is 2.91. The van der Waals surface area contributed by atoms with E-state index in [1.54, 1.807) is 19.2 Å². The van der Waals surface area contributed by atoms with E-state index >= 15 is 0 Å². The quantitative estimate of drug-likeness (QED) is 0.729. The third-order valence-corrected chi connectivity index (χ3v) is 3.04. The molecule has 6 nitrogen and oxygen atoms in total. The summed E-state index contributed by atoms with van der Waals surface area (Å²) < 4.78 is 15.9. The van der Waals surface area contributed by atoms with Crippen molar-refractivity contribution < 1.29 is 14.0 Å². The zero-order valence-corrected chi connectivity index (χ0v) is 12.0. The van der Waals surface area contributed by atoms with Crippen molar-refractivity contribution in [3.63, 3.8) is 0 Å². The first-order chi connectivity index (χ1) is 10.7. The van der Waals surface area contributed by atoms with Crippen molar-refractivity contribution >= 4 is 5.69 Å². The van der Waals surface area contributed by atoms with E-state index < -0.39 is 0 Å². The van der Waals surface area contributed by atoms with Crippen molar-refractivity contribution in [3.05, 3.63) is 54.4 Å². The van der Waals surface area contributed by atoms with E-state index in [9.17, 15) is 0 Å². The maximum Gasteiger partial charge on any atom is 0.264 e. The van der Waals surface area contributed by atoms with Crippen molar-refractivity contribution in [2.24, 2.45) is 0 Å². The molecule has 1 aromatic heterocycles. The number of hydrogen-bond acceptors (Lipinski definition) is 6. The Balaban J connectivity index is 1.68. The van der Waals surface area contributed by atoms with Gasteiger partial charge in [0.25, 0.3) is 5.89 Å². The Bertz CT molecular complexity index is 753. The minimum absolute atomic E-state index is 0.187. The summed E-state index contributed by atoms with van der Waals surface area (Å²) in [5.41, 5.74) is 7.18. The topological polar surface area (TPSA) is 83.4 Å². The van der Waals surface area contributed by atoms with Crippen LogP contribution in [0.3, 0.4) is 0 Å². The third-order valence-electron chi connectivity index (χ3n) is 3.04. The van der Waals surface area contributed by atoms with Crippen molar-refractivity contribution in [3.8, 4) is 22.9 Å². The van der Waals surface area contributed by atoms with Gasteiger partial charge in [0.15, 0.2) is 6.61 Å². The number of nitrogen functional groups attached to an aromatic ring is 1. The molecular formula is C16H15N3O3. The van der Waals surface area contributed by atoms with Crippen LogP contribution in [0.2, 0.25) is 0 Å². The molecular weight excluding hydrogens is 282 g/mol. The lowest BCUT2D eigenvalue weighted by Gasteiger charge is -2.03. The van der Waals surface area contributed by atoms with E-state index in [0.29, 0.717) is 23.2 Å². The van der Waals surface area contributed by atoms with Gasteiger partial charge in [0.2, 0.25) is 5.82 Å². The van der Waals surface area contributed by atoms with E-state index in [1.165, 1.54) is 0 Å². The molecule has 0 atom stereocenters. The summed E-state index contributed by atoms with van der Waals surface area (Å²) >= 11 is 0. The molecule has 0 spiro atoms. The van der Waals surface area contributed by atoms with Crippen LogP contribution in [0, 0.1) is 0 Å². The fraction of sp³-hybridized carbons (Fsp3) is 0.125. The molecule has 6 heteroatoms. The number of methoxy groups -OCH3 is 1. The molecule has 0 saturated carbocycles. The number of anilines is 1. The molecule has 0 aliphatic rings. The van der Waals surface area contributed by atoms with Gasteiger partial charge in [-0.1, -0.05) is 11.2 Å². The monoisotopic (exact) mass is 297 g/mol. The maximum atomic E-state index is 5.69. The molecule has 0 saturated heterocycles. The molecule has 0 bridgehead atoms. The Morgan fingerprint density at radius 3 is 2.64 bits per heavy atom. The standard InChI is InChI=1S/C16H15N3O3/c1-20-13-7-5-11(6-8-13)16-18-15(22-19-16)10-21-14-4-2-3-12(17)9-14/h2-9H,10,17H2,1H3. The first-order valence-corrected chi connectivity index (χ1v) is 6.70. The van der Waals surface area contributed by atoms with Crippen LogP contribution in [0.15, 0.2) is 53.1 Å². The van der Waals surface area contributed by atoms with E-state index in [4.69, 9.17) is 19.7 Å². The van der Waals surface area contributed by atoms with Gasteiger partial charge in [-0.15, -0.1) is 0 Å². The summed E-state index contributed by atoms with van der Waals surface area (Å²) in [6.07, 6.45) is 0. The minimum atomic E-state index is 0.187.